The second-order valence-corrected chi connectivity index (χ2v) is 8.49. The third kappa shape index (κ3) is 4.20. The van der Waals surface area contributed by atoms with Gasteiger partial charge in [-0.15, -0.1) is 11.3 Å². The van der Waals surface area contributed by atoms with Gasteiger partial charge in [0, 0.05) is 43.4 Å². The van der Waals surface area contributed by atoms with Gasteiger partial charge in [-0.1, -0.05) is 12.8 Å². The van der Waals surface area contributed by atoms with Crippen molar-refractivity contribution in [2.75, 3.05) is 31.5 Å². The van der Waals surface area contributed by atoms with E-state index in [2.05, 4.69) is 15.2 Å². The zero-order valence-electron chi connectivity index (χ0n) is 14.6. The molecule has 1 saturated carbocycles. The van der Waals surface area contributed by atoms with E-state index in [4.69, 9.17) is 0 Å². The van der Waals surface area contributed by atoms with Gasteiger partial charge >= 0.3 is 0 Å². The monoisotopic (exact) mass is 362 g/mol. The first kappa shape index (κ1) is 17.0. The van der Waals surface area contributed by atoms with Crippen LogP contribution in [0.15, 0.2) is 0 Å². The molecule has 1 N–H and O–H groups in total. The molecular weight excluding hydrogens is 336 g/mol. The van der Waals surface area contributed by atoms with Crippen molar-refractivity contribution in [1.82, 2.24) is 14.8 Å². The summed E-state index contributed by atoms with van der Waals surface area (Å²) in [6.45, 7) is 3.96. The van der Waals surface area contributed by atoms with E-state index in [0.29, 0.717) is 6.54 Å². The number of fused-ring (bicyclic) bond motifs is 1. The molecule has 2 fully saturated rings. The molecule has 1 aromatic rings. The fourth-order valence-corrected chi connectivity index (χ4v) is 4.65. The lowest BCUT2D eigenvalue weighted by molar-refractivity contribution is -0.132. The smallest absolute Gasteiger partial charge is 0.236 e. The van der Waals surface area contributed by atoms with E-state index in [1.54, 1.807) is 11.3 Å². The lowest BCUT2D eigenvalue weighted by Gasteiger charge is -2.28. The summed E-state index contributed by atoms with van der Waals surface area (Å²) in [5, 5.41) is 3.67. The number of aromatic nitrogens is 1. The Morgan fingerprint density at radius 3 is 2.60 bits per heavy atom. The predicted molar refractivity (Wildman–Crippen MR) is 97.5 cm³/mol. The van der Waals surface area contributed by atoms with Crippen molar-refractivity contribution in [3.63, 3.8) is 0 Å². The molecule has 6 nitrogen and oxygen atoms in total. The largest absolute Gasteiger partial charge is 0.342 e. The lowest BCUT2D eigenvalue weighted by Crippen LogP contribution is -2.42. The van der Waals surface area contributed by atoms with Crippen LogP contribution in [0.5, 0.6) is 0 Å². The maximum atomic E-state index is 12.6. The van der Waals surface area contributed by atoms with E-state index >= 15 is 0 Å². The van der Waals surface area contributed by atoms with Crippen LogP contribution < -0.4 is 5.32 Å². The number of nitrogens with zero attached hydrogens (tertiary/aromatic N) is 3. The van der Waals surface area contributed by atoms with E-state index in [1.165, 1.54) is 17.7 Å². The van der Waals surface area contributed by atoms with Crippen molar-refractivity contribution in [3.05, 3.63) is 10.6 Å². The molecule has 0 radical (unpaired) electrons. The SMILES string of the molecule is O=C(Nc1nc2c(s1)CN(CC(=O)N1CCCCCC1)CC2)C1CC1. The van der Waals surface area contributed by atoms with Crippen LogP contribution in [0.25, 0.3) is 0 Å². The molecule has 0 bridgehead atoms. The number of hydrogen-bond acceptors (Lipinski definition) is 5. The minimum atomic E-state index is 0.110. The standard InChI is InChI=1S/C18H26N4O2S/c23-16(22-8-3-1-2-4-9-22)12-21-10-7-14-15(11-21)25-18(19-14)20-17(24)13-5-6-13/h13H,1-12H2,(H,19,20,24). The Labute approximate surface area is 152 Å². The van der Waals surface area contributed by atoms with Gasteiger partial charge in [-0.25, -0.2) is 4.98 Å². The first-order valence-corrected chi connectivity index (χ1v) is 10.3. The van der Waals surface area contributed by atoms with Gasteiger partial charge in [0.1, 0.15) is 0 Å². The number of thiazole rings is 1. The Morgan fingerprint density at radius 2 is 1.88 bits per heavy atom. The molecule has 0 atom stereocenters. The minimum Gasteiger partial charge on any atom is -0.342 e. The Kier molecular flexibility index (Phi) is 5.03. The molecule has 0 spiro atoms. The third-order valence-corrected chi connectivity index (χ3v) is 6.30. The van der Waals surface area contributed by atoms with Crippen LogP contribution in [0.1, 0.15) is 49.1 Å². The van der Waals surface area contributed by atoms with E-state index in [-0.39, 0.29) is 17.7 Å². The number of nitrogens with one attached hydrogen (secondary N) is 1. The van der Waals surface area contributed by atoms with Crippen LogP contribution >= 0.6 is 11.3 Å². The molecule has 3 aliphatic rings. The average Bonchev–Trinajstić information content (AvgIpc) is 3.39. The van der Waals surface area contributed by atoms with Crippen LogP contribution in [-0.2, 0) is 22.6 Å². The van der Waals surface area contributed by atoms with Gasteiger partial charge in [0.05, 0.1) is 12.2 Å². The Hall–Kier alpha value is -1.47. The maximum Gasteiger partial charge on any atom is 0.236 e. The van der Waals surface area contributed by atoms with Crippen molar-refractivity contribution in [2.45, 2.75) is 51.5 Å². The van der Waals surface area contributed by atoms with E-state index in [0.717, 1.165) is 69.1 Å². The summed E-state index contributed by atoms with van der Waals surface area (Å²) in [7, 11) is 0. The molecule has 0 unspecified atom stereocenters. The molecule has 136 valence electrons. The highest BCUT2D eigenvalue weighted by Gasteiger charge is 2.31. The van der Waals surface area contributed by atoms with Gasteiger partial charge in [-0.2, -0.15) is 0 Å². The summed E-state index contributed by atoms with van der Waals surface area (Å²) in [5.74, 6) is 0.570. The number of rotatable bonds is 4. The van der Waals surface area contributed by atoms with Gasteiger partial charge in [-0.05, 0) is 25.7 Å². The molecule has 25 heavy (non-hydrogen) atoms. The summed E-state index contributed by atoms with van der Waals surface area (Å²) < 4.78 is 0. The summed E-state index contributed by atoms with van der Waals surface area (Å²) >= 11 is 1.57. The van der Waals surface area contributed by atoms with Crippen LogP contribution in [0.2, 0.25) is 0 Å². The number of carbonyl (C=O) groups is 2. The minimum absolute atomic E-state index is 0.110. The molecule has 7 heteroatoms. The summed E-state index contributed by atoms with van der Waals surface area (Å²) in [5.41, 5.74) is 1.09. The molecule has 0 aromatic carbocycles. The number of carbonyl (C=O) groups excluding carboxylic acids is 2. The average molecular weight is 362 g/mol. The van der Waals surface area contributed by atoms with Gasteiger partial charge in [0.25, 0.3) is 0 Å². The molecule has 1 saturated heterocycles. The fourth-order valence-electron chi connectivity index (χ4n) is 3.60. The fraction of sp³-hybridized carbons (Fsp3) is 0.722. The lowest BCUT2D eigenvalue weighted by atomic mass is 10.2. The zero-order valence-corrected chi connectivity index (χ0v) is 15.4. The van der Waals surface area contributed by atoms with E-state index in [9.17, 15) is 9.59 Å². The molecule has 1 aromatic heterocycles. The quantitative estimate of drug-likeness (QED) is 0.892. The van der Waals surface area contributed by atoms with E-state index in [1.807, 2.05) is 4.90 Å². The summed E-state index contributed by atoms with van der Waals surface area (Å²) in [6, 6.07) is 0. The molecule has 3 heterocycles. The second-order valence-electron chi connectivity index (χ2n) is 7.41. The van der Waals surface area contributed by atoms with Crippen molar-refractivity contribution in [3.8, 4) is 0 Å². The number of likely N-dealkylation sites (tertiary alicyclic amines) is 1. The van der Waals surface area contributed by atoms with Crippen molar-refractivity contribution in [1.29, 1.82) is 0 Å². The first-order valence-electron chi connectivity index (χ1n) is 9.48. The van der Waals surface area contributed by atoms with Gasteiger partial charge < -0.3 is 10.2 Å². The number of amides is 2. The van der Waals surface area contributed by atoms with Crippen molar-refractivity contribution < 1.29 is 9.59 Å². The third-order valence-electron chi connectivity index (χ3n) is 5.31. The number of hydrogen-bond donors (Lipinski definition) is 1. The predicted octanol–water partition coefficient (Wildman–Crippen LogP) is 2.25. The summed E-state index contributed by atoms with van der Waals surface area (Å²) in [4.78, 5) is 34.5. The molecular formula is C18H26N4O2S. The molecule has 1 aliphatic carbocycles. The first-order chi connectivity index (χ1) is 12.2. The highest BCUT2D eigenvalue weighted by atomic mass is 32.1. The Bertz CT molecular complexity index is 648. The second kappa shape index (κ2) is 7.41. The normalized spacial score (nSPS) is 21.5. The number of anilines is 1. The zero-order chi connectivity index (χ0) is 17.2. The molecule has 4 rings (SSSR count). The van der Waals surface area contributed by atoms with Gasteiger partial charge in [0.2, 0.25) is 11.8 Å². The van der Waals surface area contributed by atoms with E-state index < -0.39 is 0 Å². The topological polar surface area (TPSA) is 65.5 Å². The van der Waals surface area contributed by atoms with Gasteiger partial charge in [-0.3, -0.25) is 14.5 Å². The molecule has 2 amide bonds. The highest BCUT2D eigenvalue weighted by Crippen LogP contribution is 2.33. The highest BCUT2D eigenvalue weighted by molar-refractivity contribution is 7.15. The van der Waals surface area contributed by atoms with Crippen LogP contribution in [0, 0.1) is 5.92 Å². The van der Waals surface area contributed by atoms with Crippen LogP contribution in [0.4, 0.5) is 5.13 Å². The maximum absolute atomic E-state index is 12.6. The summed E-state index contributed by atoms with van der Waals surface area (Å²) in [6.07, 6.45) is 7.62. The van der Waals surface area contributed by atoms with Crippen molar-refractivity contribution >= 4 is 28.3 Å². The Balaban J connectivity index is 1.33. The Morgan fingerprint density at radius 1 is 1.12 bits per heavy atom. The van der Waals surface area contributed by atoms with Gasteiger partial charge in [0.15, 0.2) is 5.13 Å². The molecule has 2 aliphatic heterocycles. The van der Waals surface area contributed by atoms with Crippen LogP contribution in [-0.4, -0.2) is 52.8 Å². The van der Waals surface area contributed by atoms with Crippen molar-refractivity contribution in [2.24, 2.45) is 5.92 Å². The van der Waals surface area contributed by atoms with Crippen LogP contribution in [0.3, 0.4) is 0 Å².